The molecule has 23 heavy (non-hydrogen) atoms. The minimum absolute atomic E-state index is 0.0775. The molecular formula is C17H22ClNO3S. The topological polar surface area (TPSA) is 54.5 Å². The number of rotatable bonds is 5. The van der Waals surface area contributed by atoms with Crippen LogP contribution in [0.4, 0.5) is 0 Å². The number of carbonyl (C=O) groups is 1. The van der Waals surface area contributed by atoms with Gasteiger partial charge in [0, 0.05) is 24.2 Å². The molecule has 0 N–H and O–H groups in total. The minimum Gasteiger partial charge on any atom is -0.339 e. The lowest BCUT2D eigenvalue weighted by Crippen LogP contribution is -2.42. The molecule has 0 saturated carbocycles. The van der Waals surface area contributed by atoms with Gasteiger partial charge in [0.2, 0.25) is 5.91 Å². The van der Waals surface area contributed by atoms with Gasteiger partial charge < -0.3 is 4.90 Å². The molecule has 6 heteroatoms. The molecule has 1 aliphatic heterocycles. The Morgan fingerprint density at radius 3 is 2.43 bits per heavy atom. The van der Waals surface area contributed by atoms with Gasteiger partial charge in [-0.25, -0.2) is 8.42 Å². The molecule has 0 atom stereocenters. The minimum atomic E-state index is -3.01. The van der Waals surface area contributed by atoms with E-state index >= 15 is 0 Å². The lowest BCUT2D eigenvalue weighted by Gasteiger charge is -2.31. The van der Waals surface area contributed by atoms with Gasteiger partial charge in [-0.3, -0.25) is 4.79 Å². The Morgan fingerprint density at radius 1 is 1.26 bits per heavy atom. The van der Waals surface area contributed by atoms with E-state index in [0.29, 0.717) is 37.4 Å². The number of piperidine rings is 1. The lowest BCUT2D eigenvalue weighted by atomic mass is 10.1. The highest BCUT2D eigenvalue weighted by molar-refractivity contribution is 7.92. The van der Waals surface area contributed by atoms with Crippen molar-refractivity contribution in [3.63, 3.8) is 0 Å². The van der Waals surface area contributed by atoms with Gasteiger partial charge in [-0.15, -0.1) is 0 Å². The van der Waals surface area contributed by atoms with Crippen molar-refractivity contribution < 1.29 is 13.2 Å². The van der Waals surface area contributed by atoms with Crippen molar-refractivity contribution in [1.29, 1.82) is 0 Å². The number of amides is 1. The molecule has 0 aromatic heterocycles. The summed E-state index contributed by atoms with van der Waals surface area (Å²) in [4.78, 5) is 13.9. The average Bonchev–Trinajstić information content (AvgIpc) is 2.54. The molecule has 2 rings (SSSR count). The van der Waals surface area contributed by atoms with E-state index in [2.05, 4.69) is 0 Å². The van der Waals surface area contributed by atoms with E-state index in [1.165, 1.54) is 6.08 Å². The fourth-order valence-electron chi connectivity index (χ4n) is 2.73. The van der Waals surface area contributed by atoms with Crippen LogP contribution in [-0.2, 0) is 14.6 Å². The van der Waals surface area contributed by atoms with Crippen molar-refractivity contribution in [2.75, 3.05) is 18.8 Å². The van der Waals surface area contributed by atoms with Crippen molar-refractivity contribution in [1.82, 2.24) is 4.90 Å². The number of benzene rings is 1. The van der Waals surface area contributed by atoms with Gasteiger partial charge in [0.1, 0.15) is 0 Å². The van der Waals surface area contributed by atoms with E-state index < -0.39 is 9.84 Å². The Kier molecular flexibility index (Phi) is 6.25. The summed E-state index contributed by atoms with van der Waals surface area (Å²) in [5.74, 6) is 0.161. The number of hydrogen-bond acceptors (Lipinski definition) is 3. The molecule has 0 unspecified atom stereocenters. The monoisotopic (exact) mass is 355 g/mol. The summed E-state index contributed by atoms with van der Waals surface area (Å²) in [7, 11) is -3.01. The van der Waals surface area contributed by atoms with Gasteiger partial charge in [-0.2, -0.15) is 0 Å². The van der Waals surface area contributed by atoms with Gasteiger partial charge in [-0.1, -0.05) is 30.7 Å². The smallest absolute Gasteiger partial charge is 0.246 e. The number of nitrogens with zero attached hydrogens (tertiary/aromatic N) is 1. The highest BCUT2D eigenvalue weighted by atomic mass is 35.5. The molecule has 1 fully saturated rings. The first-order chi connectivity index (χ1) is 10.9. The maximum absolute atomic E-state index is 12.2. The summed E-state index contributed by atoms with van der Waals surface area (Å²) in [6.07, 6.45) is 4.99. The summed E-state index contributed by atoms with van der Waals surface area (Å²) in [5, 5.41) is 0.357. The van der Waals surface area contributed by atoms with Crippen LogP contribution in [0.1, 0.15) is 31.7 Å². The number of sulfone groups is 1. The molecule has 126 valence electrons. The largest absolute Gasteiger partial charge is 0.339 e. The number of hydrogen-bond donors (Lipinski definition) is 0. The Hall–Kier alpha value is -1.33. The molecule has 4 nitrogen and oxygen atoms in total. The third-order valence-corrected chi connectivity index (χ3v) is 6.75. The van der Waals surface area contributed by atoms with Crippen LogP contribution in [0, 0.1) is 0 Å². The van der Waals surface area contributed by atoms with Crippen molar-refractivity contribution in [2.45, 2.75) is 31.4 Å². The first kappa shape index (κ1) is 18.0. The van der Waals surface area contributed by atoms with Gasteiger partial charge in [-0.05, 0) is 43.0 Å². The quantitative estimate of drug-likeness (QED) is 0.762. The van der Waals surface area contributed by atoms with E-state index in [-0.39, 0.29) is 16.9 Å². The maximum Gasteiger partial charge on any atom is 0.246 e. The second-order valence-corrected chi connectivity index (χ2v) is 8.61. The van der Waals surface area contributed by atoms with Gasteiger partial charge in [0.25, 0.3) is 0 Å². The first-order valence-corrected chi connectivity index (χ1v) is 9.96. The molecule has 0 spiro atoms. The number of halogens is 1. The summed E-state index contributed by atoms with van der Waals surface area (Å²) in [6.45, 7) is 2.87. The fraction of sp³-hybridized carbons (Fsp3) is 0.471. The average molecular weight is 356 g/mol. The molecule has 0 bridgehead atoms. The molecule has 1 amide bonds. The van der Waals surface area contributed by atoms with Crippen molar-refractivity contribution in [3.05, 3.63) is 40.9 Å². The van der Waals surface area contributed by atoms with Gasteiger partial charge in [0.15, 0.2) is 9.84 Å². The van der Waals surface area contributed by atoms with Crippen molar-refractivity contribution in [3.8, 4) is 0 Å². The Morgan fingerprint density at radius 2 is 1.87 bits per heavy atom. The highest BCUT2D eigenvalue weighted by Crippen LogP contribution is 2.19. The standard InChI is InChI=1S/C17H22ClNO3S/c1-2-13-23(21,22)16-9-11-19(12-10-16)17(20)8-5-14-3-6-15(18)7-4-14/h3-8,16H,2,9-13H2,1H3/b8-5+. The van der Waals surface area contributed by atoms with Crippen molar-refractivity contribution >= 4 is 33.4 Å². The summed E-state index contributed by atoms with van der Waals surface area (Å²) >= 11 is 5.82. The zero-order valence-corrected chi connectivity index (χ0v) is 14.8. The Bertz CT molecular complexity index is 660. The number of likely N-dealkylation sites (tertiary alicyclic amines) is 1. The molecule has 0 radical (unpaired) electrons. The molecule has 1 aromatic rings. The second-order valence-electron chi connectivity index (χ2n) is 5.78. The molecule has 1 aliphatic rings. The summed E-state index contributed by atoms with van der Waals surface area (Å²) in [5.41, 5.74) is 0.906. The zero-order valence-electron chi connectivity index (χ0n) is 13.2. The SMILES string of the molecule is CCCS(=O)(=O)C1CCN(C(=O)/C=C/c2ccc(Cl)cc2)CC1. The van der Waals surface area contributed by atoms with E-state index in [0.717, 1.165) is 5.56 Å². The van der Waals surface area contributed by atoms with Crippen molar-refractivity contribution in [2.24, 2.45) is 0 Å². The van der Waals surface area contributed by atoms with Crippen LogP contribution in [0.15, 0.2) is 30.3 Å². The Balaban J connectivity index is 1.90. The third kappa shape index (κ3) is 5.08. The molecule has 0 aliphatic carbocycles. The van der Waals surface area contributed by atoms with Crippen LogP contribution in [-0.4, -0.2) is 43.3 Å². The van der Waals surface area contributed by atoms with Gasteiger partial charge >= 0.3 is 0 Å². The van der Waals surface area contributed by atoms with Crippen LogP contribution in [0.5, 0.6) is 0 Å². The molecular weight excluding hydrogens is 334 g/mol. The van der Waals surface area contributed by atoms with E-state index in [4.69, 9.17) is 11.6 Å². The predicted molar refractivity (Wildman–Crippen MR) is 94.2 cm³/mol. The van der Waals surface area contributed by atoms with E-state index in [9.17, 15) is 13.2 Å². The molecule has 1 aromatic carbocycles. The van der Waals surface area contributed by atoms with Crippen LogP contribution in [0.2, 0.25) is 5.02 Å². The first-order valence-electron chi connectivity index (χ1n) is 7.86. The van der Waals surface area contributed by atoms with Crippen LogP contribution in [0.3, 0.4) is 0 Å². The second kappa shape index (κ2) is 7.97. The Labute approximate surface area is 143 Å². The van der Waals surface area contributed by atoms with E-state index in [1.807, 2.05) is 19.1 Å². The molecule has 1 heterocycles. The van der Waals surface area contributed by atoms with Gasteiger partial charge in [0.05, 0.1) is 11.0 Å². The van der Waals surface area contributed by atoms with Crippen LogP contribution >= 0.6 is 11.6 Å². The normalized spacial score (nSPS) is 16.9. The fourth-order valence-corrected chi connectivity index (χ4v) is 4.69. The van der Waals surface area contributed by atoms with Crippen LogP contribution in [0.25, 0.3) is 6.08 Å². The zero-order chi connectivity index (χ0) is 16.9. The van der Waals surface area contributed by atoms with Crippen LogP contribution < -0.4 is 0 Å². The summed E-state index contributed by atoms with van der Waals surface area (Å²) in [6, 6.07) is 7.23. The lowest BCUT2D eigenvalue weighted by molar-refractivity contribution is -0.126. The third-order valence-electron chi connectivity index (χ3n) is 4.04. The highest BCUT2D eigenvalue weighted by Gasteiger charge is 2.30. The summed E-state index contributed by atoms with van der Waals surface area (Å²) < 4.78 is 24.1. The molecule has 1 saturated heterocycles. The maximum atomic E-state index is 12.2. The number of carbonyl (C=O) groups excluding carboxylic acids is 1. The van der Waals surface area contributed by atoms with E-state index in [1.54, 1.807) is 23.1 Å². The predicted octanol–water partition coefficient (Wildman–Crippen LogP) is 3.17.